The van der Waals surface area contributed by atoms with Crippen LogP contribution in [0.15, 0.2) is 24.0 Å². The van der Waals surface area contributed by atoms with Crippen LogP contribution in [-0.2, 0) is 11.3 Å². The lowest BCUT2D eigenvalue weighted by atomic mass is 9.88. The first-order valence-corrected chi connectivity index (χ1v) is 9.96. The summed E-state index contributed by atoms with van der Waals surface area (Å²) in [7, 11) is 1.77. The number of carbonyl (C=O) groups is 1. The molecule has 3 heterocycles. The number of amides is 2. The highest BCUT2D eigenvalue weighted by Gasteiger charge is 2.42. The zero-order valence-corrected chi connectivity index (χ0v) is 16.8. The molecule has 1 aromatic rings. The smallest absolute Gasteiger partial charge is 0.317 e. The van der Waals surface area contributed by atoms with Gasteiger partial charge in [-0.2, -0.15) is 0 Å². The third-order valence-electron chi connectivity index (χ3n) is 5.63. The van der Waals surface area contributed by atoms with Gasteiger partial charge in [0.2, 0.25) is 0 Å². The predicted molar refractivity (Wildman–Crippen MR) is 105 cm³/mol. The Bertz CT molecular complexity index is 631. The summed E-state index contributed by atoms with van der Waals surface area (Å²) in [5.74, 6) is 0.781. The van der Waals surface area contributed by atoms with E-state index in [4.69, 9.17) is 4.74 Å². The summed E-state index contributed by atoms with van der Waals surface area (Å²) in [6.07, 6.45) is 10.2. The molecule has 3 rings (SSSR count). The summed E-state index contributed by atoms with van der Waals surface area (Å²) in [5.41, 5.74) is 1.40. The summed E-state index contributed by atoms with van der Waals surface area (Å²) in [6.45, 7) is 8.57. The van der Waals surface area contributed by atoms with Crippen LogP contribution in [0.3, 0.4) is 0 Å². The van der Waals surface area contributed by atoms with E-state index < -0.39 is 0 Å². The number of allylic oxidation sites excluding steroid dienone is 1. The molecule has 27 heavy (non-hydrogen) atoms. The van der Waals surface area contributed by atoms with Crippen LogP contribution in [0.2, 0.25) is 0 Å². The number of H-pyrrole nitrogens is 1. The lowest BCUT2D eigenvalue weighted by Crippen LogP contribution is -2.45. The van der Waals surface area contributed by atoms with Gasteiger partial charge < -0.3 is 19.9 Å². The minimum Gasteiger partial charge on any atom is -0.370 e. The van der Waals surface area contributed by atoms with E-state index in [0.717, 1.165) is 51.1 Å². The molecule has 7 heteroatoms. The van der Waals surface area contributed by atoms with Crippen LogP contribution in [0.25, 0.3) is 0 Å². The fourth-order valence-electron chi connectivity index (χ4n) is 3.88. The first-order chi connectivity index (χ1) is 13.0. The van der Waals surface area contributed by atoms with Gasteiger partial charge in [0.15, 0.2) is 0 Å². The molecular formula is C20H33N5O2. The average molecular weight is 376 g/mol. The lowest BCUT2D eigenvalue weighted by molar-refractivity contribution is -0.0740. The number of piperidine rings is 1. The molecule has 150 valence electrons. The molecule has 2 aliphatic rings. The average Bonchev–Trinajstić information content (AvgIpc) is 3.29. The number of nitrogens with one attached hydrogen (secondary N) is 2. The van der Waals surface area contributed by atoms with Crippen LogP contribution < -0.4 is 5.32 Å². The van der Waals surface area contributed by atoms with Gasteiger partial charge in [-0.3, -0.25) is 4.90 Å². The Kier molecular flexibility index (Phi) is 6.55. The van der Waals surface area contributed by atoms with Gasteiger partial charge in [0.1, 0.15) is 5.82 Å². The second-order valence-corrected chi connectivity index (χ2v) is 8.12. The van der Waals surface area contributed by atoms with Crippen LogP contribution in [0.5, 0.6) is 0 Å². The van der Waals surface area contributed by atoms with Crippen LogP contribution in [0.4, 0.5) is 4.79 Å². The highest BCUT2D eigenvalue weighted by Crippen LogP contribution is 2.38. The molecule has 2 amide bonds. The van der Waals surface area contributed by atoms with Crippen molar-refractivity contribution in [1.29, 1.82) is 0 Å². The summed E-state index contributed by atoms with van der Waals surface area (Å²) in [5, 5.41) is 3.00. The molecule has 7 nitrogen and oxygen atoms in total. The largest absolute Gasteiger partial charge is 0.370 e. The monoisotopic (exact) mass is 375 g/mol. The number of hydrogen-bond donors (Lipinski definition) is 2. The molecule has 0 bridgehead atoms. The Morgan fingerprint density at radius 1 is 1.44 bits per heavy atom. The number of ether oxygens (including phenoxy) is 1. The number of aromatic nitrogens is 2. The number of urea groups is 1. The quantitative estimate of drug-likeness (QED) is 0.750. The molecule has 1 aromatic heterocycles. The maximum Gasteiger partial charge on any atom is 0.317 e. The van der Waals surface area contributed by atoms with Gasteiger partial charge in [0.25, 0.3) is 0 Å². The molecule has 0 radical (unpaired) electrons. The fraction of sp³-hybridized carbons (Fsp3) is 0.700. The SMILES string of the molecule is CC(C)=CCN1CCC2(CC[C@@H](CNC(=O)N(C)Cc3ncc[nH]3)O2)CC1. The van der Waals surface area contributed by atoms with Crippen molar-refractivity contribution in [2.45, 2.75) is 57.8 Å². The zero-order chi connectivity index (χ0) is 19.3. The van der Waals surface area contributed by atoms with Crippen LogP contribution in [0, 0.1) is 0 Å². The molecular weight excluding hydrogens is 342 g/mol. The van der Waals surface area contributed by atoms with Crippen molar-refractivity contribution in [3.8, 4) is 0 Å². The van der Waals surface area contributed by atoms with E-state index in [1.54, 1.807) is 24.3 Å². The van der Waals surface area contributed by atoms with Crippen molar-refractivity contribution in [1.82, 2.24) is 25.1 Å². The van der Waals surface area contributed by atoms with E-state index in [9.17, 15) is 4.79 Å². The first-order valence-electron chi connectivity index (χ1n) is 9.96. The van der Waals surface area contributed by atoms with E-state index in [1.165, 1.54) is 5.57 Å². The van der Waals surface area contributed by atoms with Crippen LogP contribution in [0.1, 0.15) is 45.4 Å². The predicted octanol–water partition coefficient (Wildman–Crippen LogP) is 2.53. The highest BCUT2D eigenvalue weighted by molar-refractivity contribution is 5.73. The van der Waals surface area contributed by atoms with Gasteiger partial charge in [-0.05, 0) is 39.5 Å². The lowest BCUT2D eigenvalue weighted by Gasteiger charge is -2.39. The normalized spacial score (nSPS) is 22.0. The number of rotatable bonds is 6. The van der Waals surface area contributed by atoms with E-state index in [0.29, 0.717) is 13.1 Å². The van der Waals surface area contributed by atoms with Crippen molar-refractivity contribution in [2.75, 3.05) is 33.2 Å². The third kappa shape index (κ3) is 5.56. The maximum atomic E-state index is 12.3. The number of nitrogens with zero attached hydrogens (tertiary/aromatic N) is 3. The molecule has 2 fully saturated rings. The Morgan fingerprint density at radius 3 is 2.89 bits per heavy atom. The Labute approximate surface area is 162 Å². The number of imidazole rings is 1. The molecule has 0 aliphatic carbocycles. The fourth-order valence-corrected chi connectivity index (χ4v) is 3.88. The van der Waals surface area contributed by atoms with Crippen molar-refractivity contribution < 1.29 is 9.53 Å². The number of carbonyl (C=O) groups excluding carboxylic acids is 1. The summed E-state index contributed by atoms with van der Waals surface area (Å²) < 4.78 is 6.41. The van der Waals surface area contributed by atoms with Gasteiger partial charge in [-0.25, -0.2) is 9.78 Å². The Balaban J connectivity index is 1.38. The molecule has 0 saturated carbocycles. The highest BCUT2D eigenvalue weighted by atomic mass is 16.5. The van der Waals surface area contributed by atoms with Gasteiger partial charge in [-0.1, -0.05) is 11.6 Å². The number of likely N-dealkylation sites (tertiary alicyclic amines) is 1. The van der Waals surface area contributed by atoms with Crippen molar-refractivity contribution >= 4 is 6.03 Å². The van der Waals surface area contributed by atoms with Crippen molar-refractivity contribution in [3.63, 3.8) is 0 Å². The Morgan fingerprint density at radius 2 is 2.22 bits per heavy atom. The van der Waals surface area contributed by atoms with E-state index in [-0.39, 0.29) is 17.7 Å². The van der Waals surface area contributed by atoms with Crippen molar-refractivity contribution in [3.05, 3.63) is 29.9 Å². The first kappa shape index (κ1) is 19.9. The minimum atomic E-state index is -0.0903. The summed E-state index contributed by atoms with van der Waals surface area (Å²) in [6, 6.07) is -0.0903. The molecule has 2 saturated heterocycles. The summed E-state index contributed by atoms with van der Waals surface area (Å²) >= 11 is 0. The van der Waals surface area contributed by atoms with Gasteiger partial charge in [-0.15, -0.1) is 0 Å². The number of hydrogen-bond acceptors (Lipinski definition) is 4. The van der Waals surface area contributed by atoms with Gasteiger partial charge in [0, 0.05) is 45.6 Å². The second kappa shape index (κ2) is 8.89. The van der Waals surface area contributed by atoms with Crippen LogP contribution >= 0.6 is 0 Å². The van der Waals surface area contributed by atoms with Gasteiger partial charge in [0.05, 0.1) is 18.2 Å². The third-order valence-corrected chi connectivity index (χ3v) is 5.63. The van der Waals surface area contributed by atoms with Crippen molar-refractivity contribution in [2.24, 2.45) is 0 Å². The zero-order valence-electron chi connectivity index (χ0n) is 16.8. The number of aromatic amines is 1. The minimum absolute atomic E-state index is 0.0247. The molecule has 1 atom stereocenters. The van der Waals surface area contributed by atoms with E-state index in [2.05, 4.69) is 40.1 Å². The molecule has 1 spiro atoms. The molecule has 0 aromatic carbocycles. The van der Waals surface area contributed by atoms with E-state index in [1.807, 2.05) is 0 Å². The van der Waals surface area contributed by atoms with Gasteiger partial charge >= 0.3 is 6.03 Å². The maximum absolute atomic E-state index is 12.3. The molecule has 2 aliphatic heterocycles. The van der Waals surface area contributed by atoms with Crippen LogP contribution in [-0.4, -0.2) is 70.7 Å². The molecule has 0 unspecified atom stereocenters. The topological polar surface area (TPSA) is 73.5 Å². The van der Waals surface area contributed by atoms with E-state index >= 15 is 0 Å². The molecule has 2 N–H and O–H groups in total. The second-order valence-electron chi connectivity index (χ2n) is 8.12. The summed E-state index contributed by atoms with van der Waals surface area (Å²) in [4.78, 5) is 23.6. The standard InChI is InChI=1S/C20H33N5O2/c1-16(2)5-11-25-12-7-20(8-13-25)6-4-17(27-20)14-23-19(26)24(3)15-18-21-9-10-22-18/h5,9-10,17H,4,6-8,11-15H2,1-3H3,(H,21,22)(H,23,26)/t17-/m0/s1. The Hall–Kier alpha value is -1.86.